The summed E-state index contributed by atoms with van der Waals surface area (Å²) in [7, 11) is 0. The van der Waals surface area contributed by atoms with Crippen molar-refractivity contribution < 1.29 is 0 Å². The van der Waals surface area contributed by atoms with Gasteiger partial charge in [-0.1, -0.05) is 32.0 Å². The number of hydrogen-bond acceptors (Lipinski definition) is 1. The van der Waals surface area contributed by atoms with Crippen LogP contribution in [0.1, 0.15) is 37.5 Å². The van der Waals surface area contributed by atoms with Crippen molar-refractivity contribution in [3.63, 3.8) is 0 Å². The summed E-state index contributed by atoms with van der Waals surface area (Å²) >= 11 is 0. The average Bonchev–Trinajstić information content (AvgIpc) is 2.19. The Balaban J connectivity index is 2.62. The van der Waals surface area contributed by atoms with Gasteiger partial charge in [0.2, 0.25) is 0 Å². The summed E-state index contributed by atoms with van der Waals surface area (Å²) in [6.45, 7) is 12.1. The molecule has 0 amide bonds. The van der Waals surface area contributed by atoms with Gasteiger partial charge >= 0.3 is 0 Å². The van der Waals surface area contributed by atoms with Crippen molar-refractivity contribution in [2.24, 2.45) is 5.92 Å². The van der Waals surface area contributed by atoms with E-state index in [0.717, 1.165) is 6.54 Å². The first-order valence-corrected chi connectivity index (χ1v) is 5.81. The molecule has 1 aromatic rings. The first-order chi connectivity index (χ1) is 7.02. The fraction of sp³-hybridized carbons (Fsp3) is 0.571. The highest BCUT2D eigenvalue weighted by atomic mass is 14.9. The Morgan fingerprint density at radius 1 is 1.13 bits per heavy atom. The fourth-order valence-corrected chi connectivity index (χ4v) is 1.51. The molecule has 0 fully saturated rings. The van der Waals surface area contributed by atoms with Crippen LogP contribution in [0.4, 0.5) is 0 Å². The number of rotatable bonds is 4. The quantitative estimate of drug-likeness (QED) is 0.794. The van der Waals surface area contributed by atoms with E-state index < -0.39 is 0 Å². The number of aryl methyl sites for hydroxylation is 1. The number of benzene rings is 1. The average molecular weight is 205 g/mol. The van der Waals surface area contributed by atoms with Crippen molar-refractivity contribution >= 4 is 0 Å². The third-order valence-corrected chi connectivity index (χ3v) is 3.33. The molecule has 1 nitrogen and oxygen atoms in total. The lowest BCUT2D eigenvalue weighted by atomic mass is 10.0. The van der Waals surface area contributed by atoms with Crippen molar-refractivity contribution in [2.45, 2.75) is 47.2 Å². The van der Waals surface area contributed by atoms with Gasteiger partial charge in [-0.3, -0.25) is 0 Å². The summed E-state index contributed by atoms with van der Waals surface area (Å²) in [5, 5.41) is 3.57. The van der Waals surface area contributed by atoms with Crippen LogP contribution in [0.2, 0.25) is 0 Å². The lowest BCUT2D eigenvalue weighted by Crippen LogP contribution is -2.30. The van der Waals surface area contributed by atoms with Gasteiger partial charge in [0.15, 0.2) is 0 Å². The van der Waals surface area contributed by atoms with Crippen LogP contribution < -0.4 is 5.32 Å². The third-order valence-electron chi connectivity index (χ3n) is 3.33. The summed E-state index contributed by atoms with van der Waals surface area (Å²) in [6.07, 6.45) is 0. The molecule has 0 spiro atoms. The molecule has 1 rings (SSSR count). The van der Waals surface area contributed by atoms with Crippen LogP contribution in [0, 0.1) is 19.8 Å². The first-order valence-electron chi connectivity index (χ1n) is 5.81. The van der Waals surface area contributed by atoms with Crippen LogP contribution >= 0.6 is 0 Å². The van der Waals surface area contributed by atoms with Crippen LogP contribution in [0.3, 0.4) is 0 Å². The topological polar surface area (TPSA) is 12.0 Å². The van der Waals surface area contributed by atoms with Crippen LogP contribution in [0.15, 0.2) is 18.2 Å². The molecule has 0 bridgehead atoms. The number of hydrogen-bond donors (Lipinski definition) is 1. The van der Waals surface area contributed by atoms with E-state index in [1.807, 2.05) is 0 Å². The van der Waals surface area contributed by atoms with E-state index in [-0.39, 0.29) is 0 Å². The summed E-state index contributed by atoms with van der Waals surface area (Å²) < 4.78 is 0. The second-order valence-electron chi connectivity index (χ2n) is 4.77. The second kappa shape index (κ2) is 5.32. The standard InChI is InChI=1S/C14H23N/c1-10(2)13(5)15-9-14-8-6-7-11(3)12(14)4/h6-8,10,13,15H,9H2,1-5H3/t13-/m1/s1. The monoisotopic (exact) mass is 205 g/mol. The second-order valence-corrected chi connectivity index (χ2v) is 4.77. The molecule has 1 N–H and O–H groups in total. The Kier molecular flexibility index (Phi) is 4.34. The molecule has 0 unspecified atom stereocenters. The molecular weight excluding hydrogens is 182 g/mol. The lowest BCUT2D eigenvalue weighted by molar-refractivity contribution is 0.426. The molecule has 0 radical (unpaired) electrons. The van der Waals surface area contributed by atoms with Gasteiger partial charge in [0.05, 0.1) is 0 Å². The Morgan fingerprint density at radius 2 is 1.80 bits per heavy atom. The molecular formula is C14H23N. The SMILES string of the molecule is Cc1cccc(CN[C@H](C)C(C)C)c1C. The number of nitrogens with one attached hydrogen (secondary N) is 1. The molecule has 0 aromatic heterocycles. The van der Waals surface area contributed by atoms with E-state index in [1.54, 1.807) is 0 Å². The first kappa shape index (κ1) is 12.3. The minimum absolute atomic E-state index is 0.574. The van der Waals surface area contributed by atoms with E-state index in [0.29, 0.717) is 12.0 Å². The van der Waals surface area contributed by atoms with E-state index in [1.165, 1.54) is 16.7 Å². The van der Waals surface area contributed by atoms with Crippen molar-refractivity contribution in [3.8, 4) is 0 Å². The van der Waals surface area contributed by atoms with Crippen molar-refractivity contribution in [1.29, 1.82) is 0 Å². The van der Waals surface area contributed by atoms with Gasteiger partial charge in [0.1, 0.15) is 0 Å². The van der Waals surface area contributed by atoms with Crippen LogP contribution in [0.25, 0.3) is 0 Å². The summed E-state index contributed by atoms with van der Waals surface area (Å²) in [4.78, 5) is 0. The Bertz CT molecular complexity index is 315. The molecule has 0 aliphatic rings. The van der Waals surface area contributed by atoms with E-state index in [2.05, 4.69) is 58.1 Å². The van der Waals surface area contributed by atoms with Crippen molar-refractivity contribution in [1.82, 2.24) is 5.32 Å². The molecule has 15 heavy (non-hydrogen) atoms. The van der Waals surface area contributed by atoms with Gasteiger partial charge in [0.25, 0.3) is 0 Å². The van der Waals surface area contributed by atoms with Gasteiger partial charge in [-0.15, -0.1) is 0 Å². The molecule has 0 saturated heterocycles. The van der Waals surface area contributed by atoms with E-state index in [9.17, 15) is 0 Å². The molecule has 1 heteroatoms. The molecule has 84 valence electrons. The van der Waals surface area contributed by atoms with Crippen LogP contribution in [-0.4, -0.2) is 6.04 Å². The maximum Gasteiger partial charge on any atom is 0.0210 e. The fourth-order valence-electron chi connectivity index (χ4n) is 1.51. The Labute approximate surface area is 93.9 Å². The van der Waals surface area contributed by atoms with Gasteiger partial charge in [-0.25, -0.2) is 0 Å². The maximum absolute atomic E-state index is 3.57. The highest BCUT2D eigenvalue weighted by Crippen LogP contribution is 2.13. The van der Waals surface area contributed by atoms with Crippen molar-refractivity contribution in [2.75, 3.05) is 0 Å². The third kappa shape index (κ3) is 3.35. The molecule has 1 atom stereocenters. The smallest absolute Gasteiger partial charge is 0.0210 e. The molecule has 1 aromatic carbocycles. The molecule has 0 aliphatic carbocycles. The maximum atomic E-state index is 3.57. The van der Waals surface area contributed by atoms with Crippen LogP contribution in [-0.2, 0) is 6.54 Å². The normalized spacial score (nSPS) is 13.2. The minimum Gasteiger partial charge on any atom is -0.310 e. The summed E-state index contributed by atoms with van der Waals surface area (Å²) in [5.41, 5.74) is 4.22. The van der Waals surface area contributed by atoms with Gasteiger partial charge in [0, 0.05) is 12.6 Å². The highest BCUT2D eigenvalue weighted by molar-refractivity contribution is 5.32. The lowest BCUT2D eigenvalue weighted by Gasteiger charge is -2.18. The summed E-state index contributed by atoms with van der Waals surface area (Å²) in [6, 6.07) is 7.09. The zero-order valence-electron chi connectivity index (χ0n) is 10.6. The van der Waals surface area contributed by atoms with Gasteiger partial charge in [-0.2, -0.15) is 0 Å². The van der Waals surface area contributed by atoms with E-state index >= 15 is 0 Å². The summed E-state index contributed by atoms with van der Waals surface area (Å²) in [5.74, 6) is 0.690. The molecule has 0 aliphatic heterocycles. The minimum atomic E-state index is 0.574. The van der Waals surface area contributed by atoms with E-state index in [4.69, 9.17) is 0 Å². The molecule has 0 heterocycles. The largest absolute Gasteiger partial charge is 0.310 e. The Morgan fingerprint density at radius 3 is 2.40 bits per heavy atom. The van der Waals surface area contributed by atoms with Gasteiger partial charge in [-0.05, 0) is 43.4 Å². The van der Waals surface area contributed by atoms with Gasteiger partial charge < -0.3 is 5.32 Å². The zero-order chi connectivity index (χ0) is 11.4. The Hall–Kier alpha value is -0.820. The highest BCUT2D eigenvalue weighted by Gasteiger charge is 2.07. The predicted molar refractivity (Wildman–Crippen MR) is 67.1 cm³/mol. The zero-order valence-corrected chi connectivity index (χ0v) is 10.6. The van der Waals surface area contributed by atoms with Crippen molar-refractivity contribution in [3.05, 3.63) is 34.9 Å². The molecule has 0 saturated carbocycles. The predicted octanol–water partition coefficient (Wildman–Crippen LogP) is 3.44. The van der Waals surface area contributed by atoms with Crippen LogP contribution in [0.5, 0.6) is 0 Å².